The first kappa shape index (κ1) is 23.7. The van der Waals surface area contributed by atoms with Gasteiger partial charge in [0.1, 0.15) is 23.1 Å². The van der Waals surface area contributed by atoms with E-state index < -0.39 is 0 Å². The summed E-state index contributed by atoms with van der Waals surface area (Å²) in [6.07, 6.45) is 0.828. The molecule has 8 heteroatoms. The SMILES string of the molecule is CN=C(NCCc1ccc(Oc2ccc(F)cc2)cc1)NCc1nc(C)c(C)o1.I. The lowest BCUT2D eigenvalue weighted by Crippen LogP contribution is -2.37. The zero-order valence-corrected chi connectivity index (χ0v) is 19.6. The Bertz CT molecular complexity index is 937. The third kappa shape index (κ3) is 7.01. The minimum atomic E-state index is -0.282. The molecule has 30 heavy (non-hydrogen) atoms. The van der Waals surface area contributed by atoms with Crippen LogP contribution in [0.2, 0.25) is 0 Å². The molecule has 0 fully saturated rings. The molecule has 0 radical (unpaired) electrons. The largest absolute Gasteiger partial charge is 0.457 e. The molecule has 0 unspecified atom stereocenters. The Kier molecular flexibility index (Phi) is 9.10. The molecule has 0 aliphatic carbocycles. The number of nitrogens with zero attached hydrogens (tertiary/aromatic N) is 2. The van der Waals surface area contributed by atoms with E-state index in [4.69, 9.17) is 9.15 Å². The summed E-state index contributed by atoms with van der Waals surface area (Å²) in [4.78, 5) is 8.55. The van der Waals surface area contributed by atoms with Gasteiger partial charge in [-0.15, -0.1) is 24.0 Å². The number of aryl methyl sites for hydroxylation is 2. The summed E-state index contributed by atoms with van der Waals surface area (Å²) in [5, 5.41) is 6.46. The lowest BCUT2D eigenvalue weighted by atomic mass is 10.1. The number of nitrogens with one attached hydrogen (secondary N) is 2. The molecule has 1 heterocycles. The van der Waals surface area contributed by atoms with Crippen molar-refractivity contribution >= 4 is 29.9 Å². The zero-order chi connectivity index (χ0) is 20.6. The van der Waals surface area contributed by atoms with Crippen LogP contribution in [-0.2, 0) is 13.0 Å². The molecule has 0 aliphatic rings. The van der Waals surface area contributed by atoms with Gasteiger partial charge in [0.05, 0.1) is 12.2 Å². The number of aromatic nitrogens is 1. The van der Waals surface area contributed by atoms with Crippen LogP contribution in [0.1, 0.15) is 22.9 Å². The van der Waals surface area contributed by atoms with Crippen LogP contribution in [0.4, 0.5) is 4.39 Å². The number of hydrogen-bond donors (Lipinski definition) is 2. The summed E-state index contributed by atoms with van der Waals surface area (Å²) in [6, 6.07) is 13.8. The number of ether oxygens (including phenoxy) is 1. The maximum Gasteiger partial charge on any atom is 0.214 e. The zero-order valence-electron chi connectivity index (χ0n) is 17.2. The van der Waals surface area contributed by atoms with Crippen molar-refractivity contribution in [2.24, 2.45) is 4.99 Å². The van der Waals surface area contributed by atoms with E-state index in [1.807, 2.05) is 38.1 Å². The summed E-state index contributed by atoms with van der Waals surface area (Å²) < 4.78 is 24.2. The maximum atomic E-state index is 12.9. The highest BCUT2D eigenvalue weighted by Gasteiger charge is 2.06. The molecule has 0 bridgehead atoms. The van der Waals surface area contributed by atoms with Gasteiger partial charge in [0.15, 0.2) is 5.96 Å². The lowest BCUT2D eigenvalue weighted by Gasteiger charge is -2.11. The number of rotatable bonds is 7. The number of aliphatic imine (C=N–C) groups is 1. The molecule has 0 atom stereocenters. The van der Waals surface area contributed by atoms with Crippen molar-refractivity contribution in [2.45, 2.75) is 26.8 Å². The fourth-order valence-electron chi connectivity index (χ4n) is 2.68. The highest BCUT2D eigenvalue weighted by Crippen LogP contribution is 2.21. The summed E-state index contributed by atoms with van der Waals surface area (Å²) in [6.45, 7) is 5.02. The molecule has 0 saturated carbocycles. The van der Waals surface area contributed by atoms with Gasteiger partial charge in [0.25, 0.3) is 0 Å². The minimum Gasteiger partial charge on any atom is -0.457 e. The van der Waals surface area contributed by atoms with Crippen molar-refractivity contribution in [2.75, 3.05) is 13.6 Å². The van der Waals surface area contributed by atoms with E-state index in [9.17, 15) is 4.39 Å². The molecule has 6 nitrogen and oxygen atoms in total. The van der Waals surface area contributed by atoms with Gasteiger partial charge in [-0.2, -0.15) is 0 Å². The molecule has 0 amide bonds. The Balaban J connectivity index is 0.00000320. The van der Waals surface area contributed by atoms with Crippen molar-refractivity contribution < 1.29 is 13.5 Å². The molecule has 2 N–H and O–H groups in total. The van der Waals surface area contributed by atoms with Crippen LogP contribution in [0.5, 0.6) is 11.5 Å². The first-order valence-corrected chi connectivity index (χ1v) is 9.43. The topological polar surface area (TPSA) is 71.7 Å². The highest BCUT2D eigenvalue weighted by atomic mass is 127. The fourth-order valence-corrected chi connectivity index (χ4v) is 2.68. The second-order valence-corrected chi connectivity index (χ2v) is 6.55. The summed E-state index contributed by atoms with van der Waals surface area (Å²) in [5.74, 6) is 3.19. The van der Waals surface area contributed by atoms with Crippen LogP contribution < -0.4 is 15.4 Å². The Morgan fingerprint density at radius 3 is 2.23 bits per heavy atom. The van der Waals surface area contributed by atoms with Gasteiger partial charge in [-0.25, -0.2) is 9.37 Å². The molecule has 160 valence electrons. The van der Waals surface area contributed by atoms with Gasteiger partial charge in [0, 0.05) is 13.6 Å². The molecule has 3 rings (SSSR count). The maximum absolute atomic E-state index is 12.9. The second-order valence-electron chi connectivity index (χ2n) is 6.55. The predicted molar refractivity (Wildman–Crippen MR) is 126 cm³/mol. The van der Waals surface area contributed by atoms with E-state index >= 15 is 0 Å². The molecule has 1 aromatic heterocycles. The van der Waals surface area contributed by atoms with Crippen molar-refractivity contribution in [3.8, 4) is 11.5 Å². The minimum absolute atomic E-state index is 0. The molecule has 2 aromatic carbocycles. The van der Waals surface area contributed by atoms with Crippen LogP contribution >= 0.6 is 24.0 Å². The number of oxazole rings is 1. The molecular weight excluding hydrogens is 498 g/mol. The molecule has 0 aliphatic heterocycles. The standard InChI is InChI=1S/C22H25FN4O2.HI/c1-15-16(2)28-21(27-15)14-26-22(24-3)25-13-12-17-4-8-19(9-5-17)29-20-10-6-18(23)7-11-20;/h4-11H,12-14H2,1-3H3,(H2,24,25,26);1H. The highest BCUT2D eigenvalue weighted by molar-refractivity contribution is 14.0. The Morgan fingerprint density at radius 1 is 1.03 bits per heavy atom. The van der Waals surface area contributed by atoms with Gasteiger partial charge in [-0.05, 0) is 62.2 Å². The van der Waals surface area contributed by atoms with E-state index in [1.54, 1.807) is 19.2 Å². The van der Waals surface area contributed by atoms with Gasteiger partial charge in [-0.3, -0.25) is 4.99 Å². The first-order valence-electron chi connectivity index (χ1n) is 9.43. The van der Waals surface area contributed by atoms with Crippen molar-refractivity contribution in [1.29, 1.82) is 0 Å². The summed E-state index contributed by atoms with van der Waals surface area (Å²) in [7, 11) is 1.73. The number of halogens is 2. The number of hydrogen-bond acceptors (Lipinski definition) is 4. The van der Waals surface area contributed by atoms with Crippen molar-refractivity contribution in [1.82, 2.24) is 15.6 Å². The quantitative estimate of drug-likeness (QED) is 0.265. The monoisotopic (exact) mass is 524 g/mol. The van der Waals surface area contributed by atoms with Gasteiger partial charge >= 0.3 is 0 Å². The molecule has 0 saturated heterocycles. The summed E-state index contributed by atoms with van der Waals surface area (Å²) in [5.41, 5.74) is 2.06. The molecule has 3 aromatic rings. The normalized spacial score (nSPS) is 11.0. The van der Waals surface area contributed by atoms with E-state index in [0.717, 1.165) is 24.4 Å². The van der Waals surface area contributed by atoms with Gasteiger partial charge in [0.2, 0.25) is 5.89 Å². The van der Waals surface area contributed by atoms with E-state index in [0.29, 0.717) is 29.9 Å². The van der Waals surface area contributed by atoms with Crippen LogP contribution in [0.15, 0.2) is 57.9 Å². The van der Waals surface area contributed by atoms with Crippen LogP contribution in [0, 0.1) is 19.7 Å². The van der Waals surface area contributed by atoms with Crippen molar-refractivity contribution in [3.63, 3.8) is 0 Å². The van der Waals surface area contributed by atoms with E-state index in [2.05, 4.69) is 20.6 Å². The van der Waals surface area contributed by atoms with Gasteiger partial charge < -0.3 is 19.8 Å². The van der Waals surface area contributed by atoms with Crippen molar-refractivity contribution in [3.05, 3.63) is 77.3 Å². The average Bonchev–Trinajstić information content (AvgIpc) is 3.05. The van der Waals surface area contributed by atoms with E-state index in [1.165, 1.54) is 17.7 Å². The summed E-state index contributed by atoms with van der Waals surface area (Å²) >= 11 is 0. The third-order valence-electron chi connectivity index (χ3n) is 4.38. The first-order chi connectivity index (χ1) is 14.0. The Morgan fingerprint density at radius 2 is 1.67 bits per heavy atom. The second kappa shape index (κ2) is 11.5. The Labute approximate surface area is 193 Å². The van der Waals surface area contributed by atoms with E-state index in [-0.39, 0.29) is 29.8 Å². The molecule has 0 spiro atoms. The number of guanidine groups is 1. The van der Waals surface area contributed by atoms with Crippen LogP contribution in [0.25, 0.3) is 0 Å². The Hall–Kier alpha value is -2.62. The predicted octanol–water partition coefficient (Wildman–Crippen LogP) is 4.75. The fraction of sp³-hybridized carbons (Fsp3) is 0.273. The van der Waals surface area contributed by atoms with Crippen LogP contribution in [-0.4, -0.2) is 24.5 Å². The third-order valence-corrected chi connectivity index (χ3v) is 4.38. The smallest absolute Gasteiger partial charge is 0.214 e. The molecular formula is C22H26FIN4O2. The van der Waals surface area contributed by atoms with Crippen LogP contribution in [0.3, 0.4) is 0 Å². The lowest BCUT2D eigenvalue weighted by molar-refractivity contribution is 0.464. The average molecular weight is 524 g/mol. The van der Waals surface area contributed by atoms with Gasteiger partial charge in [-0.1, -0.05) is 12.1 Å². The number of benzene rings is 2.